The number of hydrogen-bond acceptors (Lipinski definition) is 3. The fraction of sp³-hybridized carbons (Fsp3) is 1.00. The molecular formula is C7H15O3S-. The largest absolute Gasteiger partial charge is 0.750 e. The number of hydrogen-bond donors (Lipinski definition) is 0. The van der Waals surface area contributed by atoms with E-state index in [0.717, 1.165) is 19.3 Å². The van der Waals surface area contributed by atoms with Gasteiger partial charge in [-0.25, -0.2) is 4.21 Å². The smallest absolute Gasteiger partial charge is 0.0842 e. The summed E-state index contributed by atoms with van der Waals surface area (Å²) in [6.07, 6.45) is 3.00. The average Bonchev–Trinajstić information content (AvgIpc) is 1.85. The minimum atomic E-state index is -2.33. The van der Waals surface area contributed by atoms with Crippen LogP contribution in [0.5, 0.6) is 0 Å². The zero-order valence-corrected chi connectivity index (χ0v) is 7.86. The van der Waals surface area contributed by atoms with E-state index in [-0.39, 0.29) is 0 Å². The van der Waals surface area contributed by atoms with Crippen molar-refractivity contribution >= 4 is 11.4 Å². The first-order chi connectivity index (χ1) is 5.13. The molecule has 0 N–H and O–H groups in total. The molecule has 0 heterocycles. The Bertz CT molecular complexity index is 114. The van der Waals surface area contributed by atoms with E-state index in [0.29, 0.717) is 12.5 Å². The van der Waals surface area contributed by atoms with E-state index in [2.05, 4.69) is 18.0 Å². The third-order valence-electron chi connectivity index (χ3n) is 1.36. The van der Waals surface area contributed by atoms with Crippen LogP contribution in [0.25, 0.3) is 0 Å². The van der Waals surface area contributed by atoms with Gasteiger partial charge in [0.25, 0.3) is 0 Å². The lowest BCUT2D eigenvalue weighted by Gasteiger charge is -2.06. The van der Waals surface area contributed by atoms with E-state index >= 15 is 0 Å². The Morgan fingerprint density at radius 1 is 1.45 bits per heavy atom. The summed E-state index contributed by atoms with van der Waals surface area (Å²) >= 11 is -2.33. The van der Waals surface area contributed by atoms with Gasteiger partial charge in [-0.05, 0) is 12.3 Å². The van der Waals surface area contributed by atoms with Gasteiger partial charge < -0.3 is 8.74 Å². The fourth-order valence-electron chi connectivity index (χ4n) is 0.782. The van der Waals surface area contributed by atoms with Gasteiger partial charge >= 0.3 is 0 Å². The van der Waals surface area contributed by atoms with Gasteiger partial charge in [0.2, 0.25) is 0 Å². The molecule has 0 aliphatic heterocycles. The van der Waals surface area contributed by atoms with Gasteiger partial charge in [0.05, 0.1) is 18.0 Å². The van der Waals surface area contributed by atoms with Crippen molar-refractivity contribution in [1.29, 1.82) is 0 Å². The summed E-state index contributed by atoms with van der Waals surface area (Å²) < 4.78 is 24.1. The van der Waals surface area contributed by atoms with Crippen LogP contribution in [0.1, 0.15) is 33.1 Å². The van der Waals surface area contributed by atoms with Crippen molar-refractivity contribution in [3.8, 4) is 0 Å². The van der Waals surface area contributed by atoms with Crippen LogP contribution >= 0.6 is 0 Å². The second-order valence-corrected chi connectivity index (χ2v) is 3.56. The van der Waals surface area contributed by atoms with Crippen molar-refractivity contribution < 1.29 is 12.9 Å². The van der Waals surface area contributed by atoms with Gasteiger partial charge in [0.1, 0.15) is 0 Å². The molecular weight excluding hydrogens is 164 g/mol. The predicted molar refractivity (Wildman–Crippen MR) is 43.6 cm³/mol. The van der Waals surface area contributed by atoms with E-state index in [4.69, 9.17) is 0 Å². The lowest BCUT2D eigenvalue weighted by molar-refractivity contribution is 0.288. The molecule has 0 aromatic carbocycles. The molecule has 0 aromatic rings. The molecule has 0 saturated heterocycles. The molecule has 68 valence electrons. The minimum absolute atomic E-state index is 0.322. The van der Waals surface area contributed by atoms with Crippen LogP contribution < -0.4 is 0 Å². The molecule has 0 spiro atoms. The molecule has 11 heavy (non-hydrogen) atoms. The van der Waals surface area contributed by atoms with Crippen LogP contribution in [0.2, 0.25) is 0 Å². The highest BCUT2D eigenvalue weighted by atomic mass is 32.2. The van der Waals surface area contributed by atoms with Gasteiger partial charge in [0.15, 0.2) is 0 Å². The molecule has 1 atom stereocenters. The average molecular weight is 179 g/mol. The Hall–Kier alpha value is 0.0700. The van der Waals surface area contributed by atoms with Crippen LogP contribution in [-0.2, 0) is 15.5 Å². The van der Waals surface area contributed by atoms with Crippen molar-refractivity contribution in [2.24, 2.45) is 5.92 Å². The number of rotatable bonds is 6. The maximum Gasteiger partial charge on any atom is 0.0842 e. The second kappa shape index (κ2) is 6.76. The normalized spacial score (nSPS) is 13.8. The topological polar surface area (TPSA) is 49.4 Å². The first kappa shape index (κ1) is 11.1. The van der Waals surface area contributed by atoms with Crippen LogP contribution in [0, 0.1) is 5.92 Å². The third-order valence-corrected chi connectivity index (χ3v) is 1.71. The molecule has 0 aliphatic carbocycles. The van der Waals surface area contributed by atoms with E-state index in [1.807, 2.05) is 0 Å². The van der Waals surface area contributed by atoms with Crippen LogP contribution in [0.4, 0.5) is 0 Å². The Kier molecular flexibility index (Phi) is 6.80. The molecule has 0 saturated carbocycles. The molecule has 0 bridgehead atoms. The molecule has 0 aromatic heterocycles. The number of unbranched alkanes of at least 4 members (excludes halogenated alkanes) is 1. The third kappa shape index (κ3) is 10.1. The maximum absolute atomic E-state index is 9.87. The highest BCUT2D eigenvalue weighted by molar-refractivity contribution is 7.74. The molecule has 0 aliphatic rings. The van der Waals surface area contributed by atoms with Crippen molar-refractivity contribution in [3.63, 3.8) is 0 Å². The second-order valence-electron chi connectivity index (χ2n) is 2.92. The highest BCUT2D eigenvalue weighted by Gasteiger charge is 1.93. The minimum Gasteiger partial charge on any atom is -0.750 e. The Balaban J connectivity index is 2.97. The predicted octanol–water partition coefficient (Wildman–Crippen LogP) is 1.62. The van der Waals surface area contributed by atoms with E-state index in [1.54, 1.807) is 0 Å². The standard InChI is InChI=1S/C7H16O3S/c1-7(2)5-3-4-6-10-11(8)9/h7H,3-6H2,1-2H3,(H,8,9)/p-1. The van der Waals surface area contributed by atoms with Gasteiger partial charge in [-0.15, -0.1) is 0 Å². The summed E-state index contributed by atoms with van der Waals surface area (Å²) in [5.74, 6) is 0.688. The van der Waals surface area contributed by atoms with Crippen molar-refractivity contribution in [3.05, 3.63) is 0 Å². The first-order valence-corrected chi connectivity index (χ1v) is 4.85. The van der Waals surface area contributed by atoms with E-state index in [1.165, 1.54) is 0 Å². The Morgan fingerprint density at radius 2 is 2.09 bits per heavy atom. The molecule has 1 unspecified atom stereocenters. The molecule has 0 fully saturated rings. The maximum atomic E-state index is 9.87. The summed E-state index contributed by atoms with van der Waals surface area (Å²) in [6.45, 7) is 4.61. The Morgan fingerprint density at radius 3 is 2.55 bits per heavy atom. The fourth-order valence-corrected chi connectivity index (χ4v) is 1.04. The van der Waals surface area contributed by atoms with Crippen LogP contribution in [0.3, 0.4) is 0 Å². The molecule has 0 amide bonds. The molecule has 0 radical (unpaired) electrons. The van der Waals surface area contributed by atoms with Gasteiger partial charge in [-0.1, -0.05) is 26.7 Å². The molecule has 3 nitrogen and oxygen atoms in total. The summed E-state index contributed by atoms with van der Waals surface area (Å²) in [6, 6.07) is 0. The highest BCUT2D eigenvalue weighted by Crippen LogP contribution is 2.05. The van der Waals surface area contributed by atoms with Gasteiger partial charge in [-0.2, -0.15) is 0 Å². The summed E-state index contributed by atoms with van der Waals surface area (Å²) in [5.41, 5.74) is 0. The zero-order chi connectivity index (χ0) is 8.69. The summed E-state index contributed by atoms with van der Waals surface area (Å²) in [7, 11) is 0. The van der Waals surface area contributed by atoms with Crippen molar-refractivity contribution in [2.75, 3.05) is 6.61 Å². The van der Waals surface area contributed by atoms with Crippen molar-refractivity contribution in [2.45, 2.75) is 33.1 Å². The van der Waals surface area contributed by atoms with E-state index < -0.39 is 11.4 Å². The lowest BCUT2D eigenvalue weighted by Crippen LogP contribution is -1.98. The molecule has 4 heteroatoms. The SMILES string of the molecule is CC(C)CCCCOS(=O)[O-]. The van der Waals surface area contributed by atoms with Crippen LogP contribution in [-0.4, -0.2) is 15.4 Å². The molecule has 0 rings (SSSR count). The van der Waals surface area contributed by atoms with E-state index in [9.17, 15) is 8.76 Å². The first-order valence-electron chi connectivity index (χ1n) is 3.85. The van der Waals surface area contributed by atoms with Gasteiger partial charge in [0, 0.05) is 0 Å². The quantitative estimate of drug-likeness (QED) is 0.460. The monoisotopic (exact) mass is 179 g/mol. The Labute approximate surface area is 70.6 Å². The van der Waals surface area contributed by atoms with Crippen LogP contribution in [0.15, 0.2) is 0 Å². The van der Waals surface area contributed by atoms with Crippen molar-refractivity contribution in [1.82, 2.24) is 0 Å². The van der Waals surface area contributed by atoms with Gasteiger partial charge in [-0.3, -0.25) is 0 Å². The summed E-state index contributed by atoms with van der Waals surface area (Å²) in [5, 5.41) is 0. The summed E-state index contributed by atoms with van der Waals surface area (Å²) in [4.78, 5) is 0. The zero-order valence-electron chi connectivity index (χ0n) is 7.04. The lowest BCUT2D eigenvalue weighted by atomic mass is 10.1.